The highest BCUT2D eigenvalue weighted by Crippen LogP contribution is 2.19. The molecule has 3 heterocycles. The SMILES string of the molecule is Brc1ccn2cc(-c3cccnc3)nc2c1. The Hall–Kier alpha value is -1.68. The van der Waals surface area contributed by atoms with Gasteiger partial charge in [-0.15, -0.1) is 0 Å². The number of nitrogens with zero attached hydrogens (tertiary/aromatic N) is 3. The number of fused-ring (bicyclic) bond motifs is 1. The second-order valence-corrected chi connectivity index (χ2v) is 4.39. The molecule has 3 aromatic heterocycles. The van der Waals surface area contributed by atoms with Crippen LogP contribution in [0, 0.1) is 0 Å². The lowest BCUT2D eigenvalue weighted by Gasteiger charge is -1.91. The van der Waals surface area contributed by atoms with Crippen molar-refractivity contribution in [3.05, 3.63) is 53.5 Å². The predicted octanol–water partition coefficient (Wildman–Crippen LogP) is 3.16. The van der Waals surface area contributed by atoms with Gasteiger partial charge in [0, 0.05) is 34.8 Å². The summed E-state index contributed by atoms with van der Waals surface area (Å²) >= 11 is 3.43. The van der Waals surface area contributed by atoms with E-state index in [1.54, 1.807) is 6.20 Å². The standard InChI is InChI=1S/C12H8BrN3/c13-10-3-5-16-8-11(15-12(16)6-10)9-2-1-4-14-7-9/h1-8H. The van der Waals surface area contributed by atoms with Crippen LogP contribution in [0.15, 0.2) is 53.5 Å². The van der Waals surface area contributed by atoms with Gasteiger partial charge in [0.2, 0.25) is 0 Å². The second kappa shape index (κ2) is 3.72. The van der Waals surface area contributed by atoms with Crippen molar-refractivity contribution in [3.8, 4) is 11.3 Å². The Labute approximate surface area is 101 Å². The third kappa shape index (κ3) is 1.61. The van der Waals surface area contributed by atoms with E-state index >= 15 is 0 Å². The van der Waals surface area contributed by atoms with E-state index in [0.717, 1.165) is 21.4 Å². The maximum atomic E-state index is 4.54. The van der Waals surface area contributed by atoms with Gasteiger partial charge in [-0.3, -0.25) is 4.98 Å². The summed E-state index contributed by atoms with van der Waals surface area (Å²) in [5.41, 5.74) is 2.89. The highest BCUT2D eigenvalue weighted by Gasteiger charge is 2.03. The number of hydrogen-bond donors (Lipinski definition) is 0. The molecule has 0 fully saturated rings. The quantitative estimate of drug-likeness (QED) is 0.682. The second-order valence-electron chi connectivity index (χ2n) is 3.48. The molecule has 3 rings (SSSR count). The first-order valence-electron chi connectivity index (χ1n) is 4.87. The van der Waals surface area contributed by atoms with Crippen LogP contribution in [0.25, 0.3) is 16.9 Å². The Morgan fingerprint density at radius 1 is 1.25 bits per heavy atom. The van der Waals surface area contributed by atoms with E-state index in [1.807, 2.05) is 47.3 Å². The van der Waals surface area contributed by atoms with Crippen LogP contribution in [-0.4, -0.2) is 14.4 Å². The van der Waals surface area contributed by atoms with Gasteiger partial charge in [0.15, 0.2) is 0 Å². The lowest BCUT2D eigenvalue weighted by atomic mass is 10.2. The van der Waals surface area contributed by atoms with E-state index in [2.05, 4.69) is 25.9 Å². The Bertz CT molecular complexity index is 631. The Kier molecular flexibility index (Phi) is 2.22. The topological polar surface area (TPSA) is 30.2 Å². The Morgan fingerprint density at radius 3 is 3.00 bits per heavy atom. The van der Waals surface area contributed by atoms with Crippen LogP contribution >= 0.6 is 15.9 Å². The number of imidazole rings is 1. The lowest BCUT2D eigenvalue weighted by molar-refractivity contribution is 1.18. The third-order valence-corrected chi connectivity index (χ3v) is 2.87. The van der Waals surface area contributed by atoms with Crippen molar-refractivity contribution in [3.63, 3.8) is 0 Å². The van der Waals surface area contributed by atoms with Crippen LogP contribution in [0.5, 0.6) is 0 Å². The summed E-state index contributed by atoms with van der Waals surface area (Å²) in [7, 11) is 0. The zero-order valence-corrected chi connectivity index (χ0v) is 9.92. The van der Waals surface area contributed by atoms with Crippen LogP contribution in [-0.2, 0) is 0 Å². The number of hydrogen-bond acceptors (Lipinski definition) is 2. The summed E-state index contributed by atoms with van der Waals surface area (Å²) in [6, 6.07) is 7.89. The highest BCUT2D eigenvalue weighted by atomic mass is 79.9. The predicted molar refractivity (Wildman–Crippen MR) is 66.1 cm³/mol. The van der Waals surface area contributed by atoms with Gasteiger partial charge in [0.25, 0.3) is 0 Å². The fraction of sp³-hybridized carbons (Fsp3) is 0. The molecular weight excluding hydrogens is 266 g/mol. The summed E-state index contributed by atoms with van der Waals surface area (Å²) in [4.78, 5) is 8.63. The molecule has 78 valence electrons. The summed E-state index contributed by atoms with van der Waals surface area (Å²) in [6.45, 7) is 0. The van der Waals surface area contributed by atoms with Gasteiger partial charge in [0.05, 0.1) is 5.69 Å². The van der Waals surface area contributed by atoms with Crippen LogP contribution in [0.2, 0.25) is 0 Å². The largest absolute Gasteiger partial charge is 0.306 e. The molecule has 0 aromatic carbocycles. The van der Waals surface area contributed by atoms with E-state index in [0.29, 0.717) is 0 Å². The maximum absolute atomic E-state index is 4.54. The lowest BCUT2D eigenvalue weighted by Crippen LogP contribution is -1.79. The van der Waals surface area contributed by atoms with E-state index in [1.165, 1.54) is 0 Å². The molecule has 0 saturated carbocycles. The number of aromatic nitrogens is 3. The van der Waals surface area contributed by atoms with Gasteiger partial charge in [-0.05, 0) is 24.3 Å². The molecule has 0 amide bonds. The molecule has 0 aliphatic carbocycles. The third-order valence-electron chi connectivity index (χ3n) is 2.38. The molecule has 0 aliphatic heterocycles. The van der Waals surface area contributed by atoms with E-state index < -0.39 is 0 Å². The van der Waals surface area contributed by atoms with Crippen molar-refractivity contribution in [1.82, 2.24) is 14.4 Å². The van der Waals surface area contributed by atoms with Gasteiger partial charge >= 0.3 is 0 Å². The van der Waals surface area contributed by atoms with E-state index in [-0.39, 0.29) is 0 Å². The summed E-state index contributed by atoms with van der Waals surface area (Å²) in [6.07, 6.45) is 7.55. The van der Waals surface area contributed by atoms with Crippen LogP contribution < -0.4 is 0 Å². The van der Waals surface area contributed by atoms with Crippen LogP contribution in [0.3, 0.4) is 0 Å². The number of pyridine rings is 2. The van der Waals surface area contributed by atoms with Gasteiger partial charge in [-0.25, -0.2) is 4.98 Å². The Morgan fingerprint density at radius 2 is 2.19 bits per heavy atom. The molecule has 0 radical (unpaired) electrons. The molecule has 4 heteroatoms. The normalized spacial score (nSPS) is 10.8. The van der Waals surface area contributed by atoms with Crippen molar-refractivity contribution < 1.29 is 0 Å². The zero-order valence-electron chi connectivity index (χ0n) is 8.34. The molecule has 0 spiro atoms. The first-order chi connectivity index (χ1) is 7.83. The van der Waals surface area contributed by atoms with Gasteiger partial charge in [0.1, 0.15) is 5.65 Å². The van der Waals surface area contributed by atoms with Crippen molar-refractivity contribution in [2.75, 3.05) is 0 Å². The average molecular weight is 274 g/mol. The monoisotopic (exact) mass is 273 g/mol. The summed E-state index contributed by atoms with van der Waals surface area (Å²) < 4.78 is 3.02. The first-order valence-corrected chi connectivity index (χ1v) is 5.67. The molecule has 16 heavy (non-hydrogen) atoms. The minimum absolute atomic E-state index is 0.924. The van der Waals surface area contributed by atoms with Crippen molar-refractivity contribution in [1.29, 1.82) is 0 Å². The van der Waals surface area contributed by atoms with Gasteiger partial charge in [-0.1, -0.05) is 15.9 Å². The minimum atomic E-state index is 0.924. The van der Waals surface area contributed by atoms with Crippen molar-refractivity contribution in [2.45, 2.75) is 0 Å². The molecule has 3 nitrogen and oxygen atoms in total. The molecule has 3 aromatic rings. The highest BCUT2D eigenvalue weighted by molar-refractivity contribution is 9.10. The van der Waals surface area contributed by atoms with Gasteiger partial charge in [-0.2, -0.15) is 0 Å². The Balaban J connectivity index is 2.19. The average Bonchev–Trinajstić information content (AvgIpc) is 2.73. The van der Waals surface area contributed by atoms with Gasteiger partial charge < -0.3 is 4.40 Å². The molecule has 0 bridgehead atoms. The summed E-state index contributed by atoms with van der Waals surface area (Å²) in [5, 5.41) is 0. The molecular formula is C12H8BrN3. The van der Waals surface area contributed by atoms with E-state index in [4.69, 9.17) is 0 Å². The molecule has 0 unspecified atom stereocenters. The van der Waals surface area contributed by atoms with E-state index in [9.17, 15) is 0 Å². The van der Waals surface area contributed by atoms with Crippen LogP contribution in [0.4, 0.5) is 0 Å². The first kappa shape index (κ1) is 9.54. The van der Waals surface area contributed by atoms with Crippen LogP contribution in [0.1, 0.15) is 0 Å². The molecule has 0 saturated heterocycles. The van der Waals surface area contributed by atoms with Crippen molar-refractivity contribution in [2.24, 2.45) is 0 Å². The fourth-order valence-electron chi connectivity index (χ4n) is 1.61. The molecule has 0 atom stereocenters. The molecule has 0 aliphatic rings. The maximum Gasteiger partial charge on any atom is 0.138 e. The minimum Gasteiger partial charge on any atom is -0.306 e. The zero-order chi connectivity index (χ0) is 11.0. The summed E-state index contributed by atoms with van der Waals surface area (Å²) in [5.74, 6) is 0. The molecule has 0 N–H and O–H groups in total. The number of halogens is 1. The van der Waals surface area contributed by atoms with Crippen molar-refractivity contribution >= 4 is 21.6 Å². The number of rotatable bonds is 1. The fourth-order valence-corrected chi connectivity index (χ4v) is 1.93. The smallest absolute Gasteiger partial charge is 0.138 e.